The van der Waals surface area contributed by atoms with Gasteiger partial charge in [0.05, 0.1) is 17.3 Å². The Hall–Kier alpha value is -1.18. The molecule has 1 unspecified atom stereocenters. The van der Waals surface area contributed by atoms with Crippen molar-refractivity contribution in [2.45, 2.75) is 53.5 Å². The average molecular weight is 380 g/mol. The third kappa shape index (κ3) is 5.94. The van der Waals surface area contributed by atoms with Crippen molar-refractivity contribution in [2.75, 3.05) is 12.3 Å². The van der Waals surface area contributed by atoms with Gasteiger partial charge in [-0.2, -0.15) is 5.26 Å². The summed E-state index contributed by atoms with van der Waals surface area (Å²) in [5, 5.41) is 10.2. The number of thioether (sulfide) groups is 1. The number of halogens is 1. The van der Waals surface area contributed by atoms with E-state index < -0.39 is 0 Å². The van der Waals surface area contributed by atoms with Gasteiger partial charge in [-0.15, -0.1) is 12.4 Å². The summed E-state index contributed by atoms with van der Waals surface area (Å²) in [5.41, 5.74) is 2.88. The third-order valence-electron chi connectivity index (χ3n) is 4.20. The van der Waals surface area contributed by atoms with Crippen LogP contribution in [0, 0.1) is 23.2 Å². The van der Waals surface area contributed by atoms with E-state index in [0.29, 0.717) is 23.4 Å². The van der Waals surface area contributed by atoms with Crippen LogP contribution in [0.25, 0.3) is 0 Å². The zero-order valence-corrected chi connectivity index (χ0v) is 17.6. The summed E-state index contributed by atoms with van der Waals surface area (Å²) in [7, 11) is 0. The molecule has 2 rings (SSSR count). The maximum absolute atomic E-state index is 9.09. The van der Waals surface area contributed by atoms with Crippen LogP contribution in [0.5, 0.6) is 0 Å². The van der Waals surface area contributed by atoms with Gasteiger partial charge >= 0.3 is 0 Å². The molecule has 0 radical (unpaired) electrons. The van der Waals surface area contributed by atoms with Crippen LogP contribution in [-0.4, -0.2) is 28.4 Å². The van der Waals surface area contributed by atoms with Crippen molar-refractivity contribution in [1.29, 1.82) is 5.26 Å². The van der Waals surface area contributed by atoms with Crippen LogP contribution >= 0.6 is 24.2 Å². The summed E-state index contributed by atoms with van der Waals surface area (Å²) >= 11 is 1.88. The number of aryl methyl sites for hydroxylation is 1. The van der Waals surface area contributed by atoms with Crippen LogP contribution < -0.4 is 0 Å². The lowest BCUT2D eigenvalue weighted by Crippen LogP contribution is -2.37. The molecule has 1 aliphatic heterocycles. The largest absolute Gasteiger partial charge is 0.347 e. The smallest absolute Gasteiger partial charge is 0.164 e. The Labute approximate surface area is 163 Å². The fraction of sp³-hybridized carbons (Fsp3) is 0.600. The quantitative estimate of drug-likeness (QED) is 0.641. The topological polar surface area (TPSA) is 39.4 Å². The second kappa shape index (κ2) is 10.1. The molecule has 138 valence electrons. The molecule has 0 N–H and O–H groups in total. The highest BCUT2D eigenvalue weighted by molar-refractivity contribution is 8.14. The van der Waals surface area contributed by atoms with E-state index >= 15 is 0 Å². The van der Waals surface area contributed by atoms with Gasteiger partial charge in [0, 0.05) is 18.3 Å². The van der Waals surface area contributed by atoms with Crippen LogP contribution in [0.15, 0.2) is 23.2 Å². The van der Waals surface area contributed by atoms with Gasteiger partial charge in [-0.3, -0.25) is 0 Å². The number of hydrogen-bond donors (Lipinski definition) is 0. The van der Waals surface area contributed by atoms with E-state index in [1.807, 2.05) is 30.0 Å². The molecule has 0 saturated carbocycles. The van der Waals surface area contributed by atoms with Gasteiger partial charge in [0.2, 0.25) is 0 Å². The van der Waals surface area contributed by atoms with E-state index in [4.69, 9.17) is 10.3 Å². The van der Waals surface area contributed by atoms with Gasteiger partial charge in [0.25, 0.3) is 0 Å². The van der Waals surface area contributed by atoms with Crippen LogP contribution in [-0.2, 0) is 6.42 Å². The average Bonchev–Trinajstić information content (AvgIpc) is 2.88. The Bertz CT molecular complexity index is 634. The Kier molecular flexibility index (Phi) is 8.82. The van der Waals surface area contributed by atoms with Gasteiger partial charge in [-0.25, -0.2) is 4.99 Å². The molecule has 1 saturated heterocycles. The molecule has 1 aromatic carbocycles. The maximum atomic E-state index is 9.09. The van der Waals surface area contributed by atoms with Crippen LogP contribution in [0.3, 0.4) is 0 Å². The van der Waals surface area contributed by atoms with E-state index in [1.165, 1.54) is 6.42 Å². The van der Waals surface area contributed by atoms with E-state index in [9.17, 15) is 0 Å². The lowest BCUT2D eigenvalue weighted by Gasteiger charge is -2.29. The monoisotopic (exact) mass is 379 g/mol. The highest BCUT2D eigenvalue weighted by Crippen LogP contribution is 2.32. The van der Waals surface area contributed by atoms with Crippen molar-refractivity contribution in [2.24, 2.45) is 16.8 Å². The molecular weight excluding hydrogens is 350 g/mol. The lowest BCUT2D eigenvalue weighted by molar-refractivity contribution is 0.279. The molecule has 1 fully saturated rings. The summed E-state index contributed by atoms with van der Waals surface area (Å²) in [6, 6.07) is 8.64. The van der Waals surface area contributed by atoms with E-state index in [-0.39, 0.29) is 12.4 Å². The Morgan fingerprint density at radius 2 is 2.00 bits per heavy atom. The fourth-order valence-corrected chi connectivity index (χ4v) is 4.32. The molecule has 1 heterocycles. The molecule has 5 heteroatoms. The highest BCUT2D eigenvalue weighted by atomic mass is 35.5. The summed E-state index contributed by atoms with van der Waals surface area (Å²) in [5.74, 6) is 2.45. The Morgan fingerprint density at radius 3 is 2.56 bits per heavy atom. The molecule has 1 aliphatic rings. The van der Waals surface area contributed by atoms with Crippen molar-refractivity contribution in [3.63, 3.8) is 0 Å². The first kappa shape index (κ1) is 21.9. The molecule has 0 spiro atoms. The SMILES string of the molecule is CCc1cc(C#N)ccc1/N=C1\SCC(CC(C)C)N1CC(C)C.Cl. The van der Waals surface area contributed by atoms with E-state index in [2.05, 4.69) is 45.6 Å². The third-order valence-corrected chi connectivity index (χ3v) is 5.34. The van der Waals surface area contributed by atoms with Crippen molar-refractivity contribution >= 4 is 35.0 Å². The molecule has 0 amide bonds. The van der Waals surface area contributed by atoms with Gasteiger partial charge in [-0.05, 0) is 48.4 Å². The minimum Gasteiger partial charge on any atom is -0.347 e. The standard InChI is InChI=1S/C20H29N3S.ClH/c1-6-17-10-16(11-21)7-8-19(17)22-20-23(12-15(4)5)18(13-24-20)9-14(2)3;/h7-8,10,14-15,18H,6,9,12-13H2,1-5H3;1H/b22-20-;. The number of benzene rings is 1. The van der Waals surface area contributed by atoms with Crippen molar-refractivity contribution in [3.05, 3.63) is 29.3 Å². The number of nitrogens with zero attached hydrogens (tertiary/aromatic N) is 3. The van der Waals surface area contributed by atoms with Crippen LogP contribution in [0.1, 0.15) is 52.2 Å². The second-order valence-corrected chi connectivity index (χ2v) is 8.33. The molecule has 0 bridgehead atoms. The lowest BCUT2D eigenvalue weighted by atomic mass is 10.0. The molecule has 0 aliphatic carbocycles. The molecule has 1 atom stereocenters. The molecule has 0 aromatic heterocycles. The predicted molar refractivity (Wildman–Crippen MR) is 112 cm³/mol. The maximum Gasteiger partial charge on any atom is 0.164 e. The first-order valence-electron chi connectivity index (χ1n) is 8.95. The van der Waals surface area contributed by atoms with E-state index in [0.717, 1.165) is 35.1 Å². The van der Waals surface area contributed by atoms with Crippen molar-refractivity contribution < 1.29 is 0 Å². The second-order valence-electron chi connectivity index (χ2n) is 7.34. The zero-order valence-electron chi connectivity index (χ0n) is 16.0. The first-order valence-corrected chi connectivity index (χ1v) is 9.94. The summed E-state index contributed by atoms with van der Waals surface area (Å²) in [4.78, 5) is 7.50. The van der Waals surface area contributed by atoms with E-state index in [1.54, 1.807) is 0 Å². The first-order chi connectivity index (χ1) is 11.4. The Balaban J connectivity index is 0.00000312. The predicted octanol–water partition coefficient (Wildman–Crippen LogP) is 5.65. The molecular formula is C20H30ClN3S. The van der Waals surface area contributed by atoms with Gasteiger partial charge in [0.15, 0.2) is 5.17 Å². The molecule has 1 aromatic rings. The summed E-state index contributed by atoms with van der Waals surface area (Å²) in [6.45, 7) is 12.3. The van der Waals surface area contributed by atoms with Gasteiger partial charge in [0.1, 0.15) is 0 Å². The number of aliphatic imine (C=N–C) groups is 1. The zero-order chi connectivity index (χ0) is 17.7. The number of rotatable bonds is 6. The van der Waals surface area contributed by atoms with Crippen molar-refractivity contribution in [3.8, 4) is 6.07 Å². The van der Waals surface area contributed by atoms with Crippen LogP contribution in [0.2, 0.25) is 0 Å². The summed E-state index contributed by atoms with van der Waals surface area (Å²) < 4.78 is 0. The summed E-state index contributed by atoms with van der Waals surface area (Å²) in [6.07, 6.45) is 2.11. The molecule has 3 nitrogen and oxygen atoms in total. The minimum atomic E-state index is 0. The normalized spacial score (nSPS) is 18.7. The van der Waals surface area contributed by atoms with Gasteiger partial charge in [-0.1, -0.05) is 46.4 Å². The number of hydrogen-bond acceptors (Lipinski definition) is 3. The minimum absolute atomic E-state index is 0. The Morgan fingerprint density at radius 1 is 1.28 bits per heavy atom. The van der Waals surface area contributed by atoms with Crippen LogP contribution in [0.4, 0.5) is 5.69 Å². The highest BCUT2D eigenvalue weighted by Gasteiger charge is 2.31. The fourth-order valence-electron chi connectivity index (χ4n) is 3.11. The number of nitriles is 1. The molecule has 25 heavy (non-hydrogen) atoms. The number of amidine groups is 1. The van der Waals surface area contributed by atoms with Crippen molar-refractivity contribution in [1.82, 2.24) is 4.90 Å². The van der Waals surface area contributed by atoms with Gasteiger partial charge < -0.3 is 4.90 Å².